The summed E-state index contributed by atoms with van der Waals surface area (Å²) in [6, 6.07) is -0.419. The van der Waals surface area contributed by atoms with Crippen LogP contribution >= 0.6 is 0 Å². The fourth-order valence-electron chi connectivity index (χ4n) is 5.77. The number of carbonyl (C=O) groups excluding carboxylic acids is 2. The van der Waals surface area contributed by atoms with E-state index in [-0.39, 0.29) is 42.6 Å². The second-order valence-corrected chi connectivity index (χ2v) is 11.0. The Morgan fingerprint density at radius 2 is 1.46 bits per heavy atom. The number of methoxy groups -OCH3 is 2. The van der Waals surface area contributed by atoms with Crippen LogP contribution < -0.4 is 10.6 Å². The standard InChI is InChI=1S/C27H48N2O6/c1-18(2)15-21(16-25(30)28-14-13-19-5-9-22(34-3)10-6-19)27(33)29-24(17-26(31)32)20-7-11-23(35-4)12-8-20/h18-24H,5-17H2,1-4H3,(H,28,30)(H,29,33)(H,31,32)/t19?,20?,21?,22?,23?,24-/m0/s1. The number of hydrogen-bond donors (Lipinski definition) is 3. The summed E-state index contributed by atoms with van der Waals surface area (Å²) < 4.78 is 10.9. The van der Waals surface area contributed by atoms with Gasteiger partial charge in [-0.25, -0.2) is 0 Å². The van der Waals surface area contributed by atoms with E-state index in [0.717, 1.165) is 57.8 Å². The van der Waals surface area contributed by atoms with E-state index in [4.69, 9.17) is 9.47 Å². The van der Waals surface area contributed by atoms with Crippen LogP contribution in [0.4, 0.5) is 0 Å². The number of carboxylic acid groups (broad SMARTS) is 1. The average Bonchev–Trinajstić information content (AvgIpc) is 2.83. The first kappa shape index (κ1) is 29.6. The van der Waals surface area contributed by atoms with Crippen LogP contribution in [0.3, 0.4) is 0 Å². The monoisotopic (exact) mass is 496 g/mol. The first-order valence-electron chi connectivity index (χ1n) is 13.6. The molecule has 2 aliphatic carbocycles. The van der Waals surface area contributed by atoms with Gasteiger partial charge in [-0.1, -0.05) is 13.8 Å². The number of amides is 2. The Kier molecular flexibility index (Phi) is 13.0. The van der Waals surface area contributed by atoms with Gasteiger partial charge in [-0.15, -0.1) is 0 Å². The van der Waals surface area contributed by atoms with Gasteiger partial charge >= 0.3 is 5.97 Å². The van der Waals surface area contributed by atoms with Crippen LogP contribution in [0.5, 0.6) is 0 Å². The summed E-state index contributed by atoms with van der Waals surface area (Å²) >= 11 is 0. The van der Waals surface area contributed by atoms with Crippen molar-refractivity contribution in [1.29, 1.82) is 0 Å². The maximum Gasteiger partial charge on any atom is 0.305 e. The molecule has 0 bridgehead atoms. The Morgan fingerprint density at radius 1 is 0.886 bits per heavy atom. The van der Waals surface area contributed by atoms with Gasteiger partial charge in [0.05, 0.1) is 18.6 Å². The zero-order chi connectivity index (χ0) is 25.8. The molecule has 1 unspecified atom stereocenters. The van der Waals surface area contributed by atoms with Crippen molar-refractivity contribution in [2.75, 3.05) is 20.8 Å². The third-order valence-corrected chi connectivity index (χ3v) is 7.90. The summed E-state index contributed by atoms with van der Waals surface area (Å²) in [6.45, 7) is 4.70. The van der Waals surface area contributed by atoms with Gasteiger partial charge in [0.2, 0.25) is 11.8 Å². The number of carboxylic acids is 1. The molecule has 0 aromatic carbocycles. The zero-order valence-electron chi connectivity index (χ0n) is 22.2. The van der Waals surface area contributed by atoms with Crippen molar-refractivity contribution in [3.63, 3.8) is 0 Å². The van der Waals surface area contributed by atoms with Gasteiger partial charge in [0.15, 0.2) is 0 Å². The molecule has 0 aliphatic heterocycles. The molecule has 2 saturated carbocycles. The van der Waals surface area contributed by atoms with Crippen molar-refractivity contribution in [3.05, 3.63) is 0 Å². The van der Waals surface area contributed by atoms with Gasteiger partial charge in [0, 0.05) is 39.1 Å². The SMILES string of the molecule is COC1CCC(CCNC(=O)CC(CC(C)C)C(=O)N[C@@H](CC(=O)O)C2CCC(OC)CC2)CC1. The quantitative estimate of drug-likeness (QED) is 0.336. The lowest BCUT2D eigenvalue weighted by Gasteiger charge is -2.34. The van der Waals surface area contributed by atoms with Gasteiger partial charge in [0.25, 0.3) is 0 Å². The second kappa shape index (κ2) is 15.4. The van der Waals surface area contributed by atoms with Crippen molar-refractivity contribution >= 4 is 17.8 Å². The lowest BCUT2D eigenvalue weighted by molar-refractivity contribution is -0.139. The van der Waals surface area contributed by atoms with Crippen LogP contribution in [0.2, 0.25) is 0 Å². The van der Waals surface area contributed by atoms with Gasteiger partial charge < -0.3 is 25.2 Å². The van der Waals surface area contributed by atoms with Crippen molar-refractivity contribution < 1.29 is 29.0 Å². The van der Waals surface area contributed by atoms with Crippen molar-refractivity contribution in [2.45, 2.75) is 109 Å². The van der Waals surface area contributed by atoms with Crippen molar-refractivity contribution in [1.82, 2.24) is 10.6 Å². The number of carbonyl (C=O) groups is 3. The number of rotatable bonds is 14. The molecule has 202 valence electrons. The fourth-order valence-corrected chi connectivity index (χ4v) is 5.77. The smallest absolute Gasteiger partial charge is 0.305 e. The maximum absolute atomic E-state index is 13.2. The Labute approximate surface area is 211 Å². The number of hydrogen-bond acceptors (Lipinski definition) is 5. The van der Waals surface area contributed by atoms with Gasteiger partial charge in [0.1, 0.15) is 0 Å². The Bertz CT molecular complexity index is 654. The molecule has 2 rings (SSSR count). The second-order valence-electron chi connectivity index (χ2n) is 11.0. The molecule has 0 radical (unpaired) electrons. The summed E-state index contributed by atoms with van der Waals surface area (Å²) in [4.78, 5) is 37.4. The number of ether oxygens (including phenoxy) is 2. The molecule has 2 fully saturated rings. The van der Waals surface area contributed by atoms with Crippen LogP contribution in [0, 0.1) is 23.7 Å². The molecular formula is C27H48N2O6. The highest BCUT2D eigenvalue weighted by atomic mass is 16.5. The van der Waals surface area contributed by atoms with Gasteiger partial charge in [-0.2, -0.15) is 0 Å². The Morgan fingerprint density at radius 3 is 1.97 bits per heavy atom. The summed E-state index contributed by atoms with van der Waals surface area (Å²) in [5, 5.41) is 15.5. The summed E-state index contributed by atoms with van der Waals surface area (Å²) in [5.41, 5.74) is 0. The number of nitrogens with one attached hydrogen (secondary N) is 2. The molecule has 2 amide bonds. The molecule has 2 atom stereocenters. The minimum Gasteiger partial charge on any atom is -0.481 e. The van der Waals surface area contributed by atoms with E-state index < -0.39 is 17.9 Å². The molecule has 8 heteroatoms. The average molecular weight is 497 g/mol. The van der Waals surface area contributed by atoms with Crippen LogP contribution in [0.1, 0.15) is 90.9 Å². The maximum atomic E-state index is 13.2. The lowest BCUT2D eigenvalue weighted by Crippen LogP contribution is -2.46. The van der Waals surface area contributed by atoms with E-state index in [2.05, 4.69) is 10.6 Å². The Hall–Kier alpha value is -1.67. The highest BCUT2D eigenvalue weighted by molar-refractivity contribution is 5.86. The molecule has 8 nitrogen and oxygen atoms in total. The fraction of sp³-hybridized carbons (Fsp3) is 0.889. The van der Waals surface area contributed by atoms with E-state index >= 15 is 0 Å². The molecular weight excluding hydrogens is 448 g/mol. The topological polar surface area (TPSA) is 114 Å². The largest absolute Gasteiger partial charge is 0.481 e. The third-order valence-electron chi connectivity index (χ3n) is 7.90. The van der Waals surface area contributed by atoms with Gasteiger partial charge in [-0.3, -0.25) is 14.4 Å². The zero-order valence-corrected chi connectivity index (χ0v) is 22.2. The first-order valence-corrected chi connectivity index (χ1v) is 13.6. The van der Waals surface area contributed by atoms with E-state index in [9.17, 15) is 19.5 Å². The van der Waals surface area contributed by atoms with Crippen LogP contribution in [-0.4, -0.2) is 61.9 Å². The van der Waals surface area contributed by atoms with Crippen LogP contribution in [-0.2, 0) is 23.9 Å². The highest BCUT2D eigenvalue weighted by Gasteiger charge is 2.32. The minimum atomic E-state index is -0.915. The molecule has 0 aromatic heterocycles. The van der Waals surface area contributed by atoms with Gasteiger partial charge in [-0.05, 0) is 82.0 Å². The first-order chi connectivity index (χ1) is 16.7. The van der Waals surface area contributed by atoms with Crippen molar-refractivity contribution in [2.24, 2.45) is 23.7 Å². The molecule has 35 heavy (non-hydrogen) atoms. The molecule has 0 aromatic rings. The molecule has 0 spiro atoms. The predicted molar refractivity (Wildman–Crippen MR) is 135 cm³/mol. The molecule has 0 saturated heterocycles. The summed E-state index contributed by atoms with van der Waals surface area (Å²) in [5.74, 6) is -0.701. The van der Waals surface area contributed by atoms with E-state index in [0.29, 0.717) is 25.0 Å². The van der Waals surface area contributed by atoms with E-state index in [1.54, 1.807) is 14.2 Å². The molecule has 0 heterocycles. The summed E-state index contributed by atoms with van der Waals surface area (Å²) in [6.07, 6.45) is 9.99. The minimum absolute atomic E-state index is 0.0973. The summed E-state index contributed by atoms with van der Waals surface area (Å²) in [7, 11) is 3.47. The normalized spacial score (nSPS) is 26.7. The highest BCUT2D eigenvalue weighted by Crippen LogP contribution is 2.30. The number of aliphatic carboxylic acids is 1. The van der Waals surface area contributed by atoms with E-state index in [1.807, 2.05) is 13.8 Å². The molecule has 2 aliphatic rings. The van der Waals surface area contributed by atoms with Crippen molar-refractivity contribution in [3.8, 4) is 0 Å². The Balaban J connectivity index is 1.87. The van der Waals surface area contributed by atoms with E-state index in [1.165, 1.54) is 0 Å². The lowest BCUT2D eigenvalue weighted by atomic mass is 9.81. The van der Waals surface area contributed by atoms with Crippen LogP contribution in [0.15, 0.2) is 0 Å². The van der Waals surface area contributed by atoms with Crippen LogP contribution in [0.25, 0.3) is 0 Å². The predicted octanol–water partition coefficient (Wildman–Crippen LogP) is 3.92. The molecule has 3 N–H and O–H groups in total. The third kappa shape index (κ3) is 10.9.